The van der Waals surface area contributed by atoms with Crippen molar-refractivity contribution in [2.75, 3.05) is 6.61 Å². The number of ether oxygens (including phenoxy) is 1. The summed E-state index contributed by atoms with van der Waals surface area (Å²) in [5.74, 6) is -1.86. The summed E-state index contributed by atoms with van der Waals surface area (Å²) in [5, 5.41) is 11.3. The van der Waals surface area contributed by atoms with E-state index in [9.17, 15) is 19.1 Å². The monoisotopic (exact) mass is 474 g/mol. The number of aliphatic hydroxyl groups excluding tert-OH is 1. The van der Waals surface area contributed by atoms with Gasteiger partial charge >= 0.3 is 0 Å². The van der Waals surface area contributed by atoms with E-state index < -0.39 is 23.5 Å². The first kappa shape index (κ1) is 24.1. The van der Waals surface area contributed by atoms with Gasteiger partial charge in [-0.15, -0.1) is 0 Å². The summed E-state index contributed by atoms with van der Waals surface area (Å²) in [5.41, 5.74) is 1.71. The number of pyridine rings is 1. The van der Waals surface area contributed by atoms with Crippen LogP contribution in [-0.2, 0) is 16.1 Å². The summed E-state index contributed by atoms with van der Waals surface area (Å²) in [7, 11) is 0. The number of carbonyl (C=O) groups excluding carboxylic acids is 2. The van der Waals surface area contributed by atoms with Crippen molar-refractivity contribution in [3.63, 3.8) is 0 Å². The summed E-state index contributed by atoms with van der Waals surface area (Å²) in [6.45, 7) is 6.34. The number of carbonyl (C=O) groups is 2. The zero-order valence-corrected chi connectivity index (χ0v) is 19.9. The van der Waals surface area contributed by atoms with Crippen LogP contribution < -0.4 is 4.74 Å². The van der Waals surface area contributed by atoms with E-state index in [4.69, 9.17) is 4.74 Å². The Hall–Kier alpha value is -4.00. The van der Waals surface area contributed by atoms with Crippen molar-refractivity contribution in [2.45, 2.75) is 39.3 Å². The fourth-order valence-corrected chi connectivity index (χ4v) is 4.32. The molecule has 7 heteroatoms. The maximum absolute atomic E-state index is 15.0. The van der Waals surface area contributed by atoms with E-state index in [1.807, 2.05) is 20.8 Å². The lowest BCUT2D eigenvalue weighted by Gasteiger charge is -2.25. The number of benzene rings is 2. The number of amides is 1. The highest BCUT2D eigenvalue weighted by Crippen LogP contribution is 2.41. The molecule has 1 N–H and O–H groups in total. The molecule has 1 unspecified atom stereocenters. The molecule has 2 aromatic carbocycles. The molecule has 3 aromatic rings. The van der Waals surface area contributed by atoms with Gasteiger partial charge in [-0.3, -0.25) is 14.6 Å². The van der Waals surface area contributed by atoms with Crippen LogP contribution in [0.25, 0.3) is 5.76 Å². The minimum Gasteiger partial charge on any atom is -0.507 e. The Morgan fingerprint density at radius 2 is 1.86 bits per heavy atom. The highest BCUT2D eigenvalue weighted by molar-refractivity contribution is 6.46. The quantitative estimate of drug-likeness (QED) is 0.283. The molecule has 2 heterocycles. The first-order valence-electron chi connectivity index (χ1n) is 11.5. The van der Waals surface area contributed by atoms with Crippen LogP contribution in [0.1, 0.15) is 55.1 Å². The lowest BCUT2D eigenvalue weighted by Crippen LogP contribution is -2.30. The maximum Gasteiger partial charge on any atom is 0.296 e. The summed E-state index contributed by atoms with van der Waals surface area (Å²) < 4.78 is 20.7. The number of rotatable bonds is 7. The smallest absolute Gasteiger partial charge is 0.296 e. The molecule has 0 saturated carbocycles. The Morgan fingerprint density at radius 3 is 2.51 bits per heavy atom. The summed E-state index contributed by atoms with van der Waals surface area (Å²) >= 11 is 0. The fraction of sp³-hybridized carbons (Fsp3) is 0.250. The van der Waals surface area contributed by atoms with Crippen molar-refractivity contribution in [1.82, 2.24) is 9.88 Å². The van der Waals surface area contributed by atoms with Gasteiger partial charge in [-0.25, -0.2) is 4.39 Å². The third-order valence-electron chi connectivity index (χ3n) is 6.00. The number of aromatic nitrogens is 1. The molecule has 0 aliphatic carbocycles. The third-order valence-corrected chi connectivity index (χ3v) is 6.00. The summed E-state index contributed by atoms with van der Waals surface area (Å²) in [4.78, 5) is 31.9. The molecular weight excluding hydrogens is 447 g/mol. The van der Waals surface area contributed by atoms with Crippen molar-refractivity contribution in [3.05, 3.63) is 101 Å². The molecule has 6 nitrogen and oxygen atoms in total. The molecule has 0 radical (unpaired) electrons. The standard InChI is InChI=1S/C28H27FN2O4/c1-4-35-23-13-12-18(15-21(23)17(2)3)26(32)24-25(20-10-5-6-11-22(20)29)31(28(34)27(24)33)16-19-9-7-8-14-30-19/h5-15,17,25,32H,4,16H2,1-3H3/b26-24+. The van der Waals surface area contributed by atoms with Gasteiger partial charge in [-0.2, -0.15) is 0 Å². The highest BCUT2D eigenvalue weighted by Gasteiger charge is 2.47. The Balaban J connectivity index is 1.88. The Kier molecular flexibility index (Phi) is 6.96. The van der Waals surface area contributed by atoms with Crippen molar-refractivity contribution in [3.8, 4) is 5.75 Å². The van der Waals surface area contributed by atoms with Crippen molar-refractivity contribution in [2.24, 2.45) is 0 Å². The maximum atomic E-state index is 15.0. The predicted molar refractivity (Wildman–Crippen MR) is 130 cm³/mol. The molecule has 0 bridgehead atoms. The molecule has 1 aliphatic heterocycles. The van der Waals surface area contributed by atoms with Crippen LogP contribution in [0.4, 0.5) is 4.39 Å². The average Bonchev–Trinajstić information content (AvgIpc) is 3.09. The fourth-order valence-electron chi connectivity index (χ4n) is 4.32. The number of aliphatic hydroxyl groups is 1. The number of Topliss-reactive ketones (excluding diaryl/α,β-unsaturated/α-hetero) is 1. The number of hydrogen-bond acceptors (Lipinski definition) is 5. The molecular formula is C28H27FN2O4. The van der Waals surface area contributed by atoms with Crippen molar-refractivity contribution < 1.29 is 23.8 Å². The minimum atomic E-state index is -1.10. The lowest BCUT2D eigenvalue weighted by molar-refractivity contribution is -0.140. The Labute approximate surface area is 203 Å². The molecule has 4 rings (SSSR count). The topological polar surface area (TPSA) is 79.7 Å². The van der Waals surface area contributed by atoms with Gasteiger partial charge in [-0.1, -0.05) is 38.1 Å². The van der Waals surface area contributed by atoms with Crippen LogP contribution in [0.15, 0.2) is 72.4 Å². The van der Waals surface area contributed by atoms with Crippen molar-refractivity contribution >= 4 is 17.4 Å². The number of likely N-dealkylation sites (tertiary alicyclic amines) is 1. The number of ketones is 1. The van der Waals surface area contributed by atoms with E-state index in [1.54, 1.807) is 48.7 Å². The van der Waals surface area contributed by atoms with Gasteiger partial charge in [0.15, 0.2) is 0 Å². The second kappa shape index (κ2) is 10.1. The Morgan fingerprint density at radius 1 is 1.11 bits per heavy atom. The van der Waals surface area contributed by atoms with E-state index in [1.165, 1.54) is 23.1 Å². The molecule has 1 aromatic heterocycles. The molecule has 35 heavy (non-hydrogen) atoms. The molecule has 1 aliphatic rings. The van der Waals surface area contributed by atoms with E-state index in [0.717, 1.165) is 5.56 Å². The molecule has 1 atom stereocenters. The molecule has 1 fully saturated rings. The predicted octanol–water partition coefficient (Wildman–Crippen LogP) is 5.36. The van der Waals surface area contributed by atoms with Gasteiger partial charge in [0.1, 0.15) is 17.3 Å². The van der Waals surface area contributed by atoms with Gasteiger partial charge in [0.05, 0.1) is 30.5 Å². The van der Waals surface area contributed by atoms with Crippen LogP contribution >= 0.6 is 0 Å². The van der Waals surface area contributed by atoms with Gasteiger partial charge in [-0.05, 0) is 54.8 Å². The van der Waals surface area contributed by atoms with Crippen LogP contribution in [0, 0.1) is 5.82 Å². The van der Waals surface area contributed by atoms with E-state index in [0.29, 0.717) is 23.6 Å². The normalized spacial score (nSPS) is 17.3. The zero-order chi connectivity index (χ0) is 25.1. The lowest BCUT2D eigenvalue weighted by atomic mass is 9.93. The van der Waals surface area contributed by atoms with Gasteiger partial charge < -0.3 is 14.7 Å². The van der Waals surface area contributed by atoms with E-state index >= 15 is 0 Å². The molecule has 1 saturated heterocycles. The first-order valence-corrected chi connectivity index (χ1v) is 11.5. The highest BCUT2D eigenvalue weighted by atomic mass is 19.1. The Bertz CT molecular complexity index is 1290. The third kappa shape index (κ3) is 4.67. The van der Waals surface area contributed by atoms with Gasteiger partial charge in [0.2, 0.25) is 0 Å². The number of hydrogen-bond donors (Lipinski definition) is 1. The van der Waals surface area contributed by atoms with Crippen LogP contribution in [0.2, 0.25) is 0 Å². The molecule has 0 spiro atoms. The largest absolute Gasteiger partial charge is 0.507 e. The number of halogens is 1. The van der Waals surface area contributed by atoms with E-state index in [2.05, 4.69) is 4.98 Å². The summed E-state index contributed by atoms with van der Waals surface area (Å²) in [6.07, 6.45) is 1.58. The van der Waals surface area contributed by atoms with Crippen LogP contribution in [0.3, 0.4) is 0 Å². The van der Waals surface area contributed by atoms with Gasteiger partial charge in [0.25, 0.3) is 11.7 Å². The second-order valence-corrected chi connectivity index (χ2v) is 8.61. The van der Waals surface area contributed by atoms with Gasteiger partial charge in [0, 0.05) is 17.3 Å². The summed E-state index contributed by atoms with van der Waals surface area (Å²) in [6, 6.07) is 15.2. The molecule has 1 amide bonds. The second-order valence-electron chi connectivity index (χ2n) is 8.61. The first-order chi connectivity index (χ1) is 16.8. The number of nitrogens with zero attached hydrogens (tertiary/aromatic N) is 2. The SMILES string of the molecule is CCOc1ccc(/C(O)=C2\C(=O)C(=O)N(Cc3ccccn3)C2c2ccccc2F)cc1C(C)C. The van der Waals surface area contributed by atoms with Crippen molar-refractivity contribution in [1.29, 1.82) is 0 Å². The molecule has 180 valence electrons. The van der Waals surface area contributed by atoms with E-state index in [-0.39, 0.29) is 29.4 Å². The minimum absolute atomic E-state index is 0.0122. The average molecular weight is 475 g/mol. The van der Waals surface area contributed by atoms with Crippen LogP contribution in [0.5, 0.6) is 5.75 Å². The van der Waals surface area contributed by atoms with Crippen LogP contribution in [-0.4, -0.2) is 33.3 Å². The zero-order valence-electron chi connectivity index (χ0n) is 19.9.